The molecule has 1 aromatic rings. The fourth-order valence-electron chi connectivity index (χ4n) is 2.02. The van der Waals surface area contributed by atoms with Gasteiger partial charge in [-0.05, 0) is 22.0 Å². The van der Waals surface area contributed by atoms with E-state index in [-0.39, 0.29) is 12.7 Å². The van der Waals surface area contributed by atoms with E-state index in [1.165, 1.54) is 0 Å². The van der Waals surface area contributed by atoms with Gasteiger partial charge < -0.3 is 5.32 Å². The van der Waals surface area contributed by atoms with Crippen molar-refractivity contribution >= 4 is 15.9 Å². The van der Waals surface area contributed by atoms with Crippen LogP contribution in [-0.2, 0) is 0 Å². The predicted molar refractivity (Wildman–Crippen MR) is 65.1 cm³/mol. The van der Waals surface area contributed by atoms with E-state index < -0.39 is 0 Å². The smallest absolute Gasteiger partial charge is 0.110 e. The van der Waals surface area contributed by atoms with E-state index in [4.69, 9.17) is 0 Å². The van der Waals surface area contributed by atoms with Crippen LogP contribution in [0.3, 0.4) is 0 Å². The molecule has 16 heavy (non-hydrogen) atoms. The molecule has 1 aliphatic heterocycles. The van der Waals surface area contributed by atoms with Crippen LogP contribution < -0.4 is 5.32 Å². The van der Waals surface area contributed by atoms with Crippen LogP contribution in [-0.4, -0.2) is 42.7 Å². The molecule has 1 aromatic heterocycles. The molecule has 1 fully saturated rings. The van der Waals surface area contributed by atoms with Crippen molar-refractivity contribution in [3.05, 3.63) is 28.5 Å². The lowest BCUT2D eigenvalue weighted by atomic mass is 10.1. The summed E-state index contributed by atoms with van der Waals surface area (Å²) < 4.78 is 13.9. The lowest BCUT2D eigenvalue weighted by molar-refractivity contribution is 0.147. The Labute approximate surface area is 103 Å². The Bertz CT molecular complexity index is 342. The summed E-state index contributed by atoms with van der Waals surface area (Å²) in [4.78, 5) is 6.32. The van der Waals surface area contributed by atoms with Crippen molar-refractivity contribution in [2.24, 2.45) is 0 Å². The van der Waals surface area contributed by atoms with Crippen LogP contribution in [0.1, 0.15) is 11.6 Å². The zero-order chi connectivity index (χ0) is 11.4. The minimum Gasteiger partial charge on any atom is -0.314 e. The van der Waals surface area contributed by atoms with Gasteiger partial charge in [0.2, 0.25) is 0 Å². The number of aromatic nitrogens is 1. The van der Waals surface area contributed by atoms with Crippen LogP contribution in [0.15, 0.2) is 22.9 Å². The molecule has 0 bridgehead atoms. The van der Waals surface area contributed by atoms with Crippen molar-refractivity contribution in [3.8, 4) is 0 Å². The molecule has 1 N–H and O–H groups in total. The molecular weight excluding hydrogens is 273 g/mol. The van der Waals surface area contributed by atoms with Crippen LogP contribution in [0.4, 0.5) is 4.39 Å². The fourth-order valence-corrected chi connectivity index (χ4v) is 2.53. The number of alkyl halides is 1. The third kappa shape index (κ3) is 2.59. The molecule has 0 radical (unpaired) electrons. The maximum Gasteiger partial charge on any atom is 0.110 e. The highest BCUT2D eigenvalue weighted by atomic mass is 79.9. The molecule has 1 aliphatic rings. The highest BCUT2D eigenvalue weighted by Gasteiger charge is 2.23. The van der Waals surface area contributed by atoms with Crippen molar-refractivity contribution in [2.45, 2.75) is 6.04 Å². The van der Waals surface area contributed by atoms with E-state index in [0.717, 1.165) is 36.3 Å². The highest BCUT2D eigenvalue weighted by molar-refractivity contribution is 9.10. The van der Waals surface area contributed by atoms with Gasteiger partial charge in [-0.2, -0.15) is 0 Å². The van der Waals surface area contributed by atoms with E-state index in [1.807, 2.05) is 12.1 Å². The first-order valence-electron chi connectivity index (χ1n) is 5.44. The first kappa shape index (κ1) is 12.0. The molecule has 0 aliphatic carbocycles. The van der Waals surface area contributed by atoms with Crippen LogP contribution in [0, 0.1) is 0 Å². The summed E-state index contributed by atoms with van der Waals surface area (Å²) in [5.74, 6) is 0. The Kier molecular flexibility index (Phi) is 4.26. The Morgan fingerprint density at radius 1 is 1.50 bits per heavy atom. The SMILES string of the molecule is FC[C@H](c1cccnc1Br)N1CCNCC1. The standard InChI is InChI=1S/C11H15BrFN3/c12-11-9(2-1-3-15-11)10(8-13)16-6-4-14-5-7-16/h1-3,10,14H,4-8H2/t10-/m1/s1. The fraction of sp³-hybridized carbons (Fsp3) is 0.545. The Hall–Kier alpha value is -0.520. The molecule has 0 spiro atoms. The second kappa shape index (κ2) is 5.70. The minimum atomic E-state index is -0.371. The van der Waals surface area contributed by atoms with E-state index in [1.54, 1.807) is 6.20 Å². The Morgan fingerprint density at radius 3 is 2.88 bits per heavy atom. The van der Waals surface area contributed by atoms with Gasteiger partial charge in [0.1, 0.15) is 11.3 Å². The van der Waals surface area contributed by atoms with Gasteiger partial charge in [0, 0.05) is 37.9 Å². The molecule has 2 rings (SSSR count). The summed E-state index contributed by atoms with van der Waals surface area (Å²) in [6.45, 7) is 3.25. The summed E-state index contributed by atoms with van der Waals surface area (Å²) in [5.41, 5.74) is 0.937. The minimum absolute atomic E-state index is 0.176. The third-order valence-electron chi connectivity index (χ3n) is 2.89. The third-order valence-corrected chi connectivity index (χ3v) is 3.55. The summed E-state index contributed by atoms with van der Waals surface area (Å²) >= 11 is 3.38. The van der Waals surface area contributed by atoms with Gasteiger partial charge in [0.25, 0.3) is 0 Å². The first-order valence-corrected chi connectivity index (χ1v) is 6.23. The van der Waals surface area contributed by atoms with Crippen molar-refractivity contribution in [3.63, 3.8) is 0 Å². The predicted octanol–water partition coefficient (Wildman–Crippen LogP) is 1.76. The normalized spacial score (nSPS) is 19.6. The molecule has 1 saturated heterocycles. The van der Waals surface area contributed by atoms with Gasteiger partial charge in [0.05, 0.1) is 6.04 Å². The highest BCUT2D eigenvalue weighted by Crippen LogP contribution is 2.26. The number of rotatable bonds is 3. The van der Waals surface area contributed by atoms with Gasteiger partial charge in [-0.15, -0.1) is 0 Å². The molecule has 3 nitrogen and oxygen atoms in total. The molecule has 5 heteroatoms. The number of halogens is 2. The Morgan fingerprint density at radius 2 is 2.25 bits per heavy atom. The van der Waals surface area contributed by atoms with Crippen LogP contribution in [0.2, 0.25) is 0 Å². The average molecular weight is 288 g/mol. The van der Waals surface area contributed by atoms with E-state index >= 15 is 0 Å². The van der Waals surface area contributed by atoms with Crippen molar-refractivity contribution < 1.29 is 4.39 Å². The monoisotopic (exact) mass is 287 g/mol. The van der Waals surface area contributed by atoms with Gasteiger partial charge in [-0.25, -0.2) is 9.37 Å². The summed E-state index contributed by atoms with van der Waals surface area (Å²) in [6, 6.07) is 3.61. The molecular formula is C11H15BrFN3. The molecule has 0 aromatic carbocycles. The van der Waals surface area contributed by atoms with Gasteiger partial charge in [0.15, 0.2) is 0 Å². The van der Waals surface area contributed by atoms with Crippen LogP contribution in [0.5, 0.6) is 0 Å². The second-order valence-electron chi connectivity index (χ2n) is 3.84. The van der Waals surface area contributed by atoms with E-state index in [2.05, 4.69) is 31.1 Å². The second-order valence-corrected chi connectivity index (χ2v) is 4.59. The zero-order valence-electron chi connectivity index (χ0n) is 9.00. The molecule has 0 saturated carbocycles. The topological polar surface area (TPSA) is 28.2 Å². The van der Waals surface area contributed by atoms with E-state index in [0.29, 0.717) is 0 Å². The molecule has 0 unspecified atom stereocenters. The summed E-state index contributed by atoms with van der Waals surface area (Å²) in [5, 5.41) is 3.27. The molecule has 88 valence electrons. The largest absolute Gasteiger partial charge is 0.314 e. The number of hydrogen-bond donors (Lipinski definition) is 1. The number of nitrogens with zero attached hydrogens (tertiary/aromatic N) is 2. The number of hydrogen-bond acceptors (Lipinski definition) is 3. The lowest BCUT2D eigenvalue weighted by Crippen LogP contribution is -2.45. The van der Waals surface area contributed by atoms with Crippen LogP contribution >= 0.6 is 15.9 Å². The van der Waals surface area contributed by atoms with Crippen LogP contribution in [0.25, 0.3) is 0 Å². The van der Waals surface area contributed by atoms with Crippen molar-refractivity contribution in [1.82, 2.24) is 15.2 Å². The van der Waals surface area contributed by atoms with Crippen molar-refractivity contribution in [2.75, 3.05) is 32.9 Å². The van der Waals surface area contributed by atoms with Gasteiger partial charge in [-0.1, -0.05) is 6.07 Å². The molecule has 0 amide bonds. The maximum atomic E-state index is 13.2. The number of pyridine rings is 1. The Balaban J connectivity index is 2.18. The number of nitrogens with one attached hydrogen (secondary N) is 1. The number of piperazine rings is 1. The summed E-state index contributed by atoms with van der Waals surface area (Å²) in [6.07, 6.45) is 1.71. The van der Waals surface area contributed by atoms with E-state index in [9.17, 15) is 4.39 Å². The zero-order valence-corrected chi connectivity index (χ0v) is 10.6. The van der Waals surface area contributed by atoms with Gasteiger partial charge >= 0.3 is 0 Å². The molecule has 1 atom stereocenters. The lowest BCUT2D eigenvalue weighted by Gasteiger charge is -2.33. The first-order chi connectivity index (χ1) is 7.83. The van der Waals surface area contributed by atoms with Crippen molar-refractivity contribution in [1.29, 1.82) is 0 Å². The van der Waals surface area contributed by atoms with Gasteiger partial charge in [-0.3, -0.25) is 4.90 Å². The quantitative estimate of drug-likeness (QED) is 0.859. The maximum absolute atomic E-state index is 13.2. The molecule has 2 heterocycles. The average Bonchev–Trinajstić information content (AvgIpc) is 2.34. The summed E-state index contributed by atoms with van der Waals surface area (Å²) in [7, 11) is 0.